The van der Waals surface area contributed by atoms with Crippen molar-refractivity contribution in [1.82, 2.24) is 0 Å². The predicted octanol–water partition coefficient (Wildman–Crippen LogP) is 3.58. The molecule has 0 heterocycles. The molecule has 0 radical (unpaired) electrons. The molecule has 0 saturated carbocycles. The Bertz CT molecular complexity index is 616. The Morgan fingerprint density at radius 2 is 1.85 bits per heavy atom. The second-order valence-corrected chi connectivity index (χ2v) is 4.59. The highest BCUT2D eigenvalue weighted by Crippen LogP contribution is 2.33. The quantitative estimate of drug-likeness (QED) is 0.937. The van der Waals surface area contributed by atoms with E-state index in [9.17, 15) is 9.50 Å². The van der Waals surface area contributed by atoms with E-state index in [0.717, 1.165) is 0 Å². The number of methoxy groups -OCH3 is 2. The van der Waals surface area contributed by atoms with Crippen LogP contribution in [0.2, 0.25) is 5.02 Å². The molecular formula is C15H14ClFO3. The van der Waals surface area contributed by atoms with Crippen LogP contribution in [-0.4, -0.2) is 19.3 Å². The van der Waals surface area contributed by atoms with E-state index in [1.165, 1.54) is 19.2 Å². The van der Waals surface area contributed by atoms with E-state index >= 15 is 0 Å². The molecule has 3 nitrogen and oxygen atoms in total. The van der Waals surface area contributed by atoms with Gasteiger partial charge in [0.25, 0.3) is 0 Å². The molecule has 0 aliphatic heterocycles. The molecule has 106 valence electrons. The zero-order valence-electron chi connectivity index (χ0n) is 11.1. The van der Waals surface area contributed by atoms with Gasteiger partial charge in [-0.05, 0) is 29.8 Å². The third kappa shape index (κ3) is 2.86. The Hall–Kier alpha value is -1.78. The zero-order valence-corrected chi connectivity index (χ0v) is 11.8. The van der Waals surface area contributed by atoms with Gasteiger partial charge in [0.15, 0.2) is 0 Å². The van der Waals surface area contributed by atoms with Gasteiger partial charge in [-0.1, -0.05) is 17.7 Å². The SMILES string of the molecule is COc1ccc(C(O)c2ccc(Cl)c(F)c2)c(OC)c1. The minimum Gasteiger partial charge on any atom is -0.497 e. The van der Waals surface area contributed by atoms with Gasteiger partial charge in [0.1, 0.15) is 23.4 Å². The van der Waals surface area contributed by atoms with Gasteiger partial charge >= 0.3 is 0 Å². The highest BCUT2D eigenvalue weighted by Gasteiger charge is 2.17. The Labute approximate surface area is 121 Å². The van der Waals surface area contributed by atoms with Crippen molar-refractivity contribution < 1.29 is 19.0 Å². The Morgan fingerprint density at radius 1 is 1.10 bits per heavy atom. The first-order valence-electron chi connectivity index (χ1n) is 5.91. The minimum atomic E-state index is -1.01. The molecule has 0 aromatic heterocycles. The van der Waals surface area contributed by atoms with Crippen LogP contribution in [0.5, 0.6) is 11.5 Å². The highest BCUT2D eigenvalue weighted by molar-refractivity contribution is 6.30. The first-order valence-corrected chi connectivity index (χ1v) is 6.29. The summed E-state index contributed by atoms with van der Waals surface area (Å²) in [4.78, 5) is 0. The summed E-state index contributed by atoms with van der Waals surface area (Å²) in [5.74, 6) is 0.503. The molecule has 2 aromatic rings. The van der Waals surface area contributed by atoms with Gasteiger partial charge in [-0.25, -0.2) is 4.39 Å². The monoisotopic (exact) mass is 296 g/mol. The van der Waals surface area contributed by atoms with Crippen LogP contribution in [0.3, 0.4) is 0 Å². The summed E-state index contributed by atoms with van der Waals surface area (Å²) < 4.78 is 23.8. The standard InChI is InChI=1S/C15H14ClFO3/c1-19-10-4-5-11(14(8-10)20-2)15(18)9-3-6-12(16)13(17)7-9/h3-8,15,18H,1-2H3. The van der Waals surface area contributed by atoms with Gasteiger partial charge < -0.3 is 14.6 Å². The normalized spacial score (nSPS) is 12.1. The number of benzene rings is 2. The summed E-state index contributed by atoms with van der Waals surface area (Å²) in [5, 5.41) is 10.4. The fourth-order valence-electron chi connectivity index (χ4n) is 1.91. The molecule has 0 bridgehead atoms. The van der Waals surface area contributed by atoms with Crippen molar-refractivity contribution in [2.45, 2.75) is 6.10 Å². The highest BCUT2D eigenvalue weighted by atomic mass is 35.5. The van der Waals surface area contributed by atoms with Crippen LogP contribution >= 0.6 is 11.6 Å². The first-order chi connectivity index (χ1) is 9.56. The first kappa shape index (κ1) is 14.6. The lowest BCUT2D eigenvalue weighted by Crippen LogP contribution is -2.03. The fraction of sp³-hybridized carbons (Fsp3) is 0.200. The third-order valence-electron chi connectivity index (χ3n) is 2.99. The Balaban J connectivity index is 2.41. The maximum Gasteiger partial charge on any atom is 0.142 e. The maximum absolute atomic E-state index is 13.5. The van der Waals surface area contributed by atoms with Gasteiger partial charge in [-0.3, -0.25) is 0 Å². The van der Waals surface area contributed by atoms with Crippen molar-refractivity contribution >= 4 is 11.6 Å². The number of aliphatic hydroxyl groups excluding tert-OH is 1. The van der Waals surface area contributed by atoms with Crippen LogP contribution in [0, 0.1) is 5.82 Å². The summed E-state index contributed by atoms with van der Waals surface area (Å²) in [6.45, 7) is 0. The van der Waals surface area contributed by atoms with Crippen molar-refractivity contribution in [3.63, 3.8) is 0 Å². The number of hydrogen-bond acceptors (Lipinski definition) is 3. The third-order valence-corrected chi connectivity index (χ3v) is 3.30. The van der Waals surface area contributed by atoms with E-state index in [0.29, 0.717) is 22.6 Å². The molecule has 1 N–H and O–H groups in total. The van der Waals surface area contributed by atoms with Crippen molar-refractivity contribution in [2.75, 3.05) is 14.2 Å². The van der Waals surface area contributed by atoms with Crippen LogP contribution in [0.4, 0.5) is 4.39 Å². The summed E-state index contributed by atoms with van der Waals surface area (Å²) in [5.41, 5.74) is 0.922. The zero-order chi connectivity index (χ0) is 14.7. The number of halogens is 2. The average Bonchev–Trinajstić information content (AvgIpc) is 2.48. The second-order valence-electron chi connectivity index (χ2n) is 4.18. The van der Waals surface area contributed by atoms with Crippen LogP contribution in [0.15, 0.2) is 36.4 Å². The van der Waals surface area contributed by atoms with E-state index in [1.807, 2.05) is 0 Å². The predicted molar refractivity (Wildman–Crippen MR) is 75.0 cm³/mol. The second kappa shape index (κ2) is 6.11. The van der Waals surface area contributed by atoms with Gasteiger partial charge in [-0.15, -0.1) is 0 Å². The molecule has 0 aliphatic rings. The van der Waals surface area contributed by atoms with Crippen molar-refractivity contribution in [2.24, 2.45) is 0 Å². The molecule has 0 amide bonds. The van der Waals surface area contributed by atoms with Crippen LogP contribution in [-0.2, 0) is 0 Å². The summed E-state index contributed by atoms with van der Waals surface area (Å²) in [6, 6.07) is 9.22. The van der Waals surface area contributed by atoms with Crippen LogP contribution < -0.4 is 9.47 Å². The lowest BCUT2D eigenvalue weighted by Gasteiger charge is -2.16. The lowest BCUT2D eigenvalue weighted by atomic mass is 10.0. The molecular weight excluding hydrogens is 283 g/mol. The maximum atomic E-state index is 13.5. The molecule has 2 aromatic carbocycles. The van der Waals surface area contributed by atoms with Crippen molar-refractivity contribution in [1.29, 1.82) is 0 Å². The van der Waals surface area contributed by atoms with Gasteiger partial charge in [0.05, 0.1) is 19.2 Å². The smallest absolute Gasteiger partial charge is 0.142 e. The Morgan fingerprint density at radius 3 is 2.45 bits per heavy atom. The summed E-state index contributed by atoms with van der Waals surface area (Å²) in [6.07, 6.45) is -1.01. The van der Waals surface area contributed by atoms with Crippen LogP contribution in [0.25, 0.3) is 0 Å². The molecule has 0 fully saturated rings. The summed E-state index contributed by atoms with van der Waals surface area (Å²) >= 11 is 5.63. The van der Waals surface area contributed by atoms with E-state index in [2.05, 4.69) is 0 Å². The topological polar surface area (TPSA) is 38.7 Å². The number of ether oxygens (including phenoxy) is 2. The fourth-order valence-corrected chi connectivity index (χ4v) is 2.02. The molecule has 0 aliphatic carbocycles. The number of aliphatic hydroxyl groups is 1. The van der Waals surface area contributed by atoms with E-state index in [4.69, 9.17) is 21.1 Å². The molecule has 5 heteroatoms. The van der Waals surface area contributed by atoms with E-state index < -0.39 is 11.9 Å². The van der Waals surface area contributed by atoms with Gasteiger partial charge in [-0.2, -0.15) is 0 Å². The van der Waals surface area contributed by atoms with Gasteiger partial charge in [0.2, 0.25) is 0 Å². The average molecular weight is 297 g/mol. The Kier molecular flexibility index (Phi) is 4.47. The summed E-state index contributed by atoms with van der Waals surface area (Å²) in [7, 11) is 3.03. The van der Waals surface area contributed by atoms with Crippen LogP contribution in [0.1, 0.15) is 17.2 Å². The van der Waals surface area contributed by atoms with Gasteiger partial charge in [0, 0.05) is 11.6 Å². The number of hydrogen-bond donors (Lipinski definition) is 1. The largest absolute Gasteiger partial charge is 0.497 e. The molecule has 20 heavy (non-hydrogen) atoms. The van der Waals surface area contributed by atoms with Crippen molar-refractivity contribution in [3.8, 4) is 11.5 Å². The van der Waals surface area contributed by atoms with Crippen molar-refractivity contribution in [3.05, 3.63) is 58.4 Å². The van der Waals surface area contributed by atoms with E-state index in [-0.39, 0.29) is 5.02 Å². The molecule has 0 saturated heterocycles. The molecule has 1 unspecified atom stereocenters. The molecule has 0 spiro atoms. The molecule has 2 rings (SSSR count). The number of rotatable bonds is 4. The van der Waals surface area contributed by atoms with E-state index in [1.54, 1.807) is 31.4 Å². The molecule has 1 atom stereocenters. The minimum absolute atomic E-state index is 0.0163. The lowest BCUT2D eigenvalue weighted by molar-refractivity contribution is 0.214.